The van der Waals surface area contributed by atoms with Crippen LogP contribution in [0.3, 0.4) is 0 Å². The number of benzene rings is 1. The van der Waals surface area contributed by atoms with Gasteiger partial charge in [-0.05, 0) is 12.1 Å². The lowest BCUT2D eigenvalue weighted by molar-refractivity contribution is 1.17. The lowest BCUT2D eigenvalue weighted by Gasteiger charge is -1.95. The van der Waals surface area contributed by atoms with Gasteiger partial charge in [0.15, 0.2) is 0 Å². The van der Waals surface area contributed by atoms with Crippen molar-refractivity contribution in [3.63, 3.8) is 0 Å². The molecule has 0 bridgehead atoms. The molecule has 1 aromatic heterocycles. The SMILES string of the molecule is Bc1ccc2c(=O)[nH]cnc2c1. The van der Waals surface area contributed by atoms with Crippen LogP contribution in [-0.4, -0.2) is 17.8 Å². The van der Waals surface area contributed by atoms with E-state index in [-0.39, 0.29) is 5.56 Å². The maximum atomic E-state index is 11.2. The van der Waals surface area contributed by atoms with Gasteiger partial charge in [0.25, 0.3) is 5.56 Å². The predicted molar refractivity (Wildman–Crippen MR) is 50.5 cm³/mol. The van der Waals surface area contributed by atoms with Crippen molar-refractivity contribution in [1.82, 2.24) is 9.97 Å². The second kappa shape index (κ2) is 2.48. The number of aromatic amines is 1. The summed E-state index contributed by atoms with van der Waals surface area (Å²) in [5, 5.41) is 0.642. The van der Waals surface area contributed by atoms with Gasteiger partial charge in [0.05, 0.1) is 17.2 Å². The first kappa shape index (κ1) is 7.09. The molecule has 2 rings (SSSR count). The van der Waals surface area contributed by atoms with Gasteiger partial charge in [0.1, 0.15) is 7.85 Å². The molecule has 0 aliphatic carbocycles. The minimum Gasteiger partial charge on any atom is -0.313 e. The predicted octanol–water partition coefficient (Wildman–Crippen LogP) is -0.819. The number of hydrogen-bond acceptors (Lipinski definition) is 2. The summed E-state index contributed by atoms with van der Waals surface area (Å²) < 4.78 is 0. The Balaban J connectivity index is 2.96. The molecule has 2 aromatic rings. The molecule has 4 heteroatoms. The zero-order valence-corrected chi connectivity index (χ0v) is 6.66. The molecule has 0 unspecified atom stereocenters. The molecule has 0 atom stereocenters. The molecule has 1 heterocycles. The van der Waals surface area contributed by atoms with E-state index in [9.17, 15) is 4.79 Å². The van der Waals surface area contributed by atoms with E-state index in [1.807, 2.05) is 20.0 Å². The van der Waals surface area contributed by atoms with E-state index in [1.165, 1.54) is 6.33 Å². The highest BCUT2D eigenvalue weighted by Crippen LogP contribution is 2.00. The van der Waals surface area contributed by atoms with Crippen molar-refractivity contribution in [2.45, 2.75) is 0 Å². The highest BCUT2D eigenvalue weighted by Gasteiger charge is 1.96. The molecule has 0 aliphatic rings. The monoisotopic (exact) mass is 158 g/mol. The van der Waals surface area contributed by atoms with Crippen LogP contribution in [0.2, 0.25) is 0 Å². The van der Waals surface area contributed by atoms with Crippen molar-refractivity contribution >= 4 is 24.2 Å². The lowest BCUT2D eigenvalue weighted by atomic mass is 9.95. The van der Waals surface area contributed by atoms with Crippen molar-refractivity contribution < 1.29 is 0 Å². The molecule has 0 amide bonds. The molecule has 0 radical (unpaired) electrons. The van der Waals surface area contributed by atoms with Crippen LogP contribution in [-0.2, 0) is 0 Å². The smallest absolute Gasteiger partial charge is 0.258 e. The van der Waals surface area contributed by atoms with E-state index in [2.05, 4.69) is 9.97 Å². The highest BCUT2D eigenvalue weighted by atomic mass is 16.1. The van der Waals surface area contributed by atoms with Gasteiger partial charge in [0, 0.05) is 0 Å². The van der Waals surface area contributed by atoms with Crippen molar-refractivity contribution in [2.75, 3.05) is 0 Å². The molecular formula is C8H7BN2O. The molecule has 1 aromatic carbocycles. The van der Waals surface area contributed by atoms with Gasteiger partial charge in [-0.15, -0.1) is 0 Å². The standard InChI is InChI=1S/C8H7BN2O/c9-5-1-2-6-7(3-5)10-4-11-8(6)12/h1-4H,9H2,(H,10,11,12). The summed E-state index contributed by atoms with van der Waals surface area (Å²) in [6.45, 7) is 0. The van der Waals surface area contributed by atoms with Crippen LogP contribution < -0.4 is 11.0 Å². The van der Waals surface area contributed by atoms with Gasteiger partial charge in [-0.1, -0.05) is 11.5 Å². The van der Waals surface area contributed by atoms with Crippen LogP contribution in [0, 0.1) is 0 Å². The zero-order chi connectivity index (χ0) is 8.55. The van der Waals surface area contributed by atoms with Crippen molar-refractivity contribution in [3.8, 4) is 0 Å². The highest BCUT2D eigenvalue weighted by molar-refractivity contribution is 6.33. The molecule has 12 heavy (non-hydrogen) atoms. The first-order chi connectivity index (χ1) is 5.77. The number of rotatable bonds is 0. The second-order valence-corrected chi connectivity index (χ2v) is 2.75. The summed E-state index contributed by atoms with van der Waals surface area (Å²) in [4.78, 5) is 17.8. The average Bonchev–Trinajstić information content (AvgIpc) is 2.04. The van der Waals surface area contributed by atoms with Gasteiger partial charge in [-0.2, -0.15) is 0 Å². The largest absolute Gasteiger partial charge is 0.313 e. The number of H-pyrrole nitrogens is 1. The summed E-state index contributed by atoms with van der Waals surface area (Å²) >= 11 is 0. The van der Waals surface area contributed by atoms with E-state index in [4.69, 9.17) is 0 Å². The van der Waals surface area contributed by atoms with Crippen LogP contribution in [0.25, 0.3) is 10.9 Å². The third-order valence-corrected chi connectivity index (χ3v) is 1.80. The average molecular weight is 158 g/mol. The van der Waals surface area contributed by atoms with E-state index < -0.39 is 0 Å². The summed E-state index contributed by atoms with van der Waals surface area (Å²) in [5.74, 6) is 0. The Labute approximate surface area is 69.9 Å². The van der Waals surface area contributed by atoms with Gasteiger partial charge in [-0.25, -0.2) is 4.98 Å². The van der Waals surface area contributed by atoms with E-state index in [0.29, 0.717) is 5.39 Å². The molecule has 58 valence electrons. The molecule has 0 spiro atoms. The Morgan fingerprint density at radius 1 is 1.42 bits per heavy atom. The molecule has 3 nitrogen and oxygen atoms in total. The molecule has 1 N–H and O–H groups in total. The zero-order valence-electron chi connectivity index (χ0n) is 6.66. The molecule has 0 saturated carbocycles. The number of nitrogens with zero attached hydrogens (tertiary/aromatic N) is 1. The van der Waals surface area contributed by atoms with Crippen LogP contribution >= 0.6 is 0 Å². The quantitative estimate of drug-likeness (QED) is 0.509. The van der Waals surface area contributed by atoms with Gasteiger partial charge >= 0.3 is 0 Å². The van der Waals surface area contributed by atoms with Crippen molar-refractivity contribution in [3.05, 3.63) is 34.9 Å². The van der Waals surface area contributed by atoms with E-state index in [1.54, 1.807) is 6.07 Å². The molecule has 0 fully saturated rings. The Bertz CT molecular complexity index is 478. The van der Waals surface area contributed by atoms with Crippen LogP contribution in [0.5, 0.6) is 0 Å². The first-order valence-corrected chi connectivity index (χ1v) is 3.71. The summed E-state index contributed by atoms with van der Waals surface area (Å²) in [6.07, 6.45) is 1.42. The third kappa shape index (κ3) is 1.01. The summed E-state index contributed by atoms with van der Waals surface area (Å²) in [6, 6.07) is 5.58. The molecule has 0 aliphatic heterocycles. The fourth-order valence-corrected chi connectivity index (χ4v) is 1.18. The van der Waals surface area contributed by atoms with Crippen LogP contribution in [0.15, 0.2) is 29.3 Å². The summed E-state index contributed by atoms with van der Waals surface area (Å²) in [5.41, 5.74) is 1.78. The van der Waals surface area contributed by atoms with Crippen LogP contribution in [0.1, 0.15) is 0 Å². The maximum absolute atomic E-state index is 11.2. The van der Waals surface area contributed by atoms with Gasteiger partial charge < -0.3 is 4.98 Å². The molecular weight excluding hydrogens is 151 g/mol. The Morgan fingerprint density at radius 2 is 2.25 bits per heavy atom. The van der Waals surface area contributed by atoms with Gasteiger partial charge in [-0.3, -0.25) is 4.79 Å². The lowest BCUT2D eigenvalue weighted by Crippen LogP contribution is -2.09. The fourth-order valence-electron chi connectivity index (χ4n) is 1.18. The second-order valence-electron chi connectivity index (χ2n) is 2.75. The topological polar surface area (TPSA) is 45.8 Å². The number of fused-ring (bicyclic) bond motifs is 1. The summed E-state index contributed by atoms with van der Waals surface area (Å²) in [7, 11) is 1.97. The maximum Gasteiger partial charge on any atom is 0.258 e. The van der Waals surface area contributed by atoms with Crippen molar-refractivity contribution in [1.29, 1.82) is 0 Å². The Hall–Kier alpha value is -1.58. The van der Waals surface area contributed by atoms with Crippen molar-refractivity contribution in [2.24, 2.45) is 0 Å². The minimum atomic E-state index is -0.0833. The third-order valence-electron chi connectivity index (χ3n) is 1.80. The molecule has 0 saturated heterocycles. The minimum absolute atomic E-state index is 0.0833. The first-order valence-electron chi connectivity index (χ1n) is 3.71. The fraction of sp³-hybridized carbons (Fsp3) is 0. The van der Waals surface area contributed by atoms with Gasteiger partial charge in [0.2, 0.25) is 0 Å². The Kier molecular flexibility index (Phi) is 1.47. The van der Waals surface area contributed by atoms with E-state index in [0.717, 1.165) is 11.0 Å². The normalized spacial score (nSPS) is 10.3. The number of hydrogen-bond donors (Lipinski definition) is 1. The number of aromatic nitrogens is 2. The number of nitrogens with one attached hydrogen (secondary N) is 1. The Morgan fingerprint density at radius 3 is 3.08 bits per heavy atom. The van der Waals surface area contributed by atoms with Crippen LogP contribution in [0.4, 0.5) is 0 Å². The van der Waals surface area contributed by atoms with E-state index >= 15 is 0 Å².